The first-order valence-electron chi connectivity index (χ1n) is 5.77. The highest BCUT2D eigenvalue weighted by Gasteiger charge is 2.37. The van der Waals surface area contributed by atoms with E-state index in [9.17, 15) is 4.79 Å². The summed E-state index contributed by atoms with van der Waals surface area (Å²) in [6.07, 6.45) is 0. The topological polar surface area (TPSA) is 40.5 Å². The van der Waals surface area contributed by atoms with Gasteiger partial charge in [-0.3, -0.25) is 4.79 Å². The number of nitrogens with zero attached hydrogens (tertiary/aromatic N) is 1. The molecule has 0 aromatic heterocycles. The molecule has 1 aliphatic heterocycles. The summed E-state index contributed by atoms with van der Waals surface area (Å²) < 4.78 is 0. The molecule has 1 saturated heterocycles. The predicted molar refractivity (Wildman–Crippen MR) is 69.8 cm³/mol. The van der Waals surface area contributed by atoms with Crippen LogP contribution < -0.4 is 0 Å². The minimum Gasteiger partial charge on any atom is -0.395 e. The summed E-state index contributed by atoms with van der Waals surface area (Å²) >= 11 is 1.65. The molecule has 1 aromatic rings. The average Bonchev–Trinajstić information content (AvgIpc) is 2.58. The maximum absolute atomic E-state index is 12.0. The number of rotatable bonds is 3. The minimum absolute atomic E-state index is 0.0152. The number of carbonyl (C=O) groups is 1. The zero-order chi connectivity index (χ0) is 12.4. The molecule has 2 atom stereocenters. The molecule has 1 fully saturated rings. The van der Waals surface area contributed by atoms with Gasteiger partial charge in [-0.2, -0.15) is 0 Å². The van der Waals surface area contributed by atoms with Crippen molar-refractivity contribution in [2.24, 2.45) is 0 Å². The van der Waals surface area contributed by atoms with Crippen molar-refractivity contribution in [3.63, 3.8) is 0 Å². The highest BCUT2D eigenvalue weighted by molar-refractivity contribution is 8.01. The van der Waals surface area contributed by atoms with E-state index in [-0.39, 0.29) is 23.1 Å². The van der Waals surface area contributed by atoms with Crippen molar-refractivity contribution in [1.29, 1.82) is 0 Å². The van der Waals surface area contributed by atoms with E-state index in [0.717, 1.165) is 5.56 Å². The third kappa shape index (κ3) is 2.48. The summed E-state index contributed by atoms with van der Waals surface area (Å²) in [7, 11) is 0. The van der Waals surface area contributed by atoms with Crippen molar-refractivity contribution in [2.75, 3.05) is 13.2 Å². The molecule has 1 amide bonds. The largest absolute Gasteiger partial charge is 0.395 e. The van der Waals surface area contributed by atoms with Gasteiger partial charge in [-0.1, -0.05) is 29.8 Å². The molecule has 0 spiro atoms. The molecule has 0 aliphatic carbocycles. The Morgan fingerprint density at radius 3 is 2.88 bits per heavy atom. The highest BCUT2D eigenvalue weighted by atomic mass is 32.2. The van der Waals surface area contributed by atoms with Gasteiger partial charge in [0.2, 0.25) is 5.91 Å². The van der Waals surface area contributed by atoms with Crippen LogP contribution in [0, 0.1) is 6.92 Å². The third-order valence-electron chi connectivity index (χ3n) is 2.92. The molecule has 3 nitrogen and oxygen atoms in total. The molecule has 0 bridgehead atoms. The summed E-state index contributed by atoms with van der Waals surface area (Å²) in [5.41, 5.74) is 2.33. The van der Waals surface area contributed by atoms with Crippen molar-refractivity contribution in [3.05, 3.63) is 35.4 Å². The number of aliphatic hydroxyl groups excluding tert-OH is 1. The van der Waals surface area contributed by atoms with Crippen LogP contribution in [0.15, 0.2) is 24.3 Å². The summed E-state index contributed by atoms with van der Waals surface area (Å²) in [4.78, 5) is 13.7. The highest BCUT2D eigenvalue weighted by Crippen LogP contribution is 2.42. The second-order valence-electron chi connectivity index (χ2n) is 4.30. The lowest BCUT2D eigenvalue weighted by molar-refractivity contribution is -0.130. The quantitative estimate of drug-likeness (QED) is 0.892. The normalized spacial score (nSPS) is 24.4. The van der Waals surface area contributed by atoms with E-state index < -0.39 is 0 Å². The van der Waals surface area contributed by atoms with Gasteiger partial charge in [0.1, 0.15) is 5.37 Å². The number of aryl methyl sites for hydroxylation is 1. The van der Waals surface area contributed by atoms with Gasteiger partial charge in [0, 0.05) is 6.54 Å². The Balaban J connectivity index is 2.27. The van der Waals surface area contributed by atoms with Gasteiger partial charge in [0.15, 0.2) is 0 Å². The Kier molecular flexibility index (Phi) is 3.74. The number of hydrogen-bond donors (Lipinski definition) is 1. The SMILES string of the molecule is Cc1cccc([C@@H]2S[C@H](C)C(=O)N2CCO)c1. The molecule has 1 aliphatic rings. The number of aliphatic hydroxyl groups is 1. The number of benzene rings is 1. The fraction of sp³-hybridized carbons (Fsp3) is 0.462. The van der Waals surface area contributed by atoms with Crippen LogP contribution in [0.5, 0.6) is 0 Å². The lowest BCUT2D eigenvalue weighted by atomic mass is 10.1. The van der Waals surface area contributed by atoms with Crippen molar-refractivity contribution in [2.45, 2.75) is 24.5 Å². The Morgan fingerprint density at radius 1 is 1.47 bits per heavy atom. The van der Waals surface area contributed by atoms with Crippen LogP contribution in [0.2, 0.25) is 0 Å². The van der Waals surface area contributed by atoms with Crippen molar-refractivity contribution in [3.8, 4) is 0 Å². The molecule has 0 radical (unpaired) electrons. The minimum atomic E-state index is -0.0212. The van der Waals surface area contributed by atoms with Crippen molar-refractivity contribution >= 4 is 17.7 Å². The molecule has 0 saturated carbocycles. The van der Waals surface area contributed by atoms with Crippen molar-refractivity contribution < 1.29 is 9.90 Å². The van der Waals surface area contributed by atoms with Gasteiger partial charge in [0.25, 0.3) is 0 Å². The van der Waals surface area contributed by atoms with Crippen LogP contribution in [-0.4, -0.2) is 34.3 Å². The molecular formula is C13H17NO2S. The first-order valence-corrected chi connectivity index (χ1v) is 6.71. The summed E-state index contributed by atoms with van der Waals surface area (Å²) in [6.45, 7) is 4.40. The zero-order valence-electron chi connectivity index (χ0n) is 10.1. The van der Waals surface area contributed by atoms with Gasteiger partial charge in [-0.15, -0.1) is 11.8 Å². The lowest BCUT2D eigenvalue weighted by Crippen LogP contribution is -2.32. The number of thioether (sulfide) groups is 1. The van der Waals surface area contributed by atoms with E-state index in [1.54, 1.807) is 16.7 Å². The van der Waals surface area contributed by atoms with Crippen LogP contribution in [-0.2, 0) is 4.79 Å². The van der Waals surface area contributed by atoms with E-state index in [4.69, 9.17) is 5.11 Å². The summed E-state index contributed by atoms with van der Waals surface area (Å²) in [5.74, 6) is 0.121. The van der Waals surface area contributed by atoms with Gasteiger partial charge in [-0.25, -0.2) is 0 Å². The van der Waals surface area contributed by atoms with E-state index in [0.29, 0.717) is 6.54 Å². The molecule has 92 valence electrons. The Labute approximate surface area is 106 Å². The van der Waals surface area contributed by atoms with Crippen LogP contribution in [0.25, 0.3) is 0 Å². The maximum Gasteiger partial charge on any atom is 0.236 e. The Hall–Kier alpha value is -1.00. The number of amides is 1. The van der Waals surface area contributed by atoms with Crippen LogP contribution in [0.4, 0.5) is 0 Å². The first kappa shape index (κ1) is 12.5. The van der Waals surface area contributed by atoms with Crippen LogP contribution in [0.1, 0.15) is 23.4 Å². The third-order valence-corrected chi connectivity index (χ3v) is 4.31. The van der Waals surface area contributed by atoms with E-state index in [1.165, 1.54) is 5.56 Å². The number of hydrogen-bond acceptors (Lipinski definition) is 3. The van der Waals surface area contributed by atoms with Crippen LogP contribution in [0.3, 0.4) is 0 Å². The fourth-order valence-electron chi connectivity index (χ4n) is 2.09. The van der Waals surface area contributed by atoms with E-state index in [2.05, 4.69) is 6.07 Å². The molecule has 4 heteroatoms. The summed E-state index contributed by atoms with van der Waals surface area (Å²) in [6, 6.07) is 8.20. The van der Waals surface area contributed by atoms with Crippen molar-refractivity contribution in [1.82, 2.24) is 4.90 Å². The standard InChI is InChI=1S/C13H17NO2S/c1-9-4-3-5-11(8-9)13-14(6-7-15)12(16)10(2)17-13/h3-5,8,10,13,15H,6-7H2,1-2H3/t10-,13+/m1/s1. The van der Waals surface area contributed by atoms with Gasteiger partial charge >= 0.3 is 0 Å². The van der Waals surface area contributed by atoms with Crippen LogP contribution >= 0.6 is 11.8 Å². The molecule has 2 rings (SSSR count). The van der Waals surface area contributed by atoms with Gasteiger partial charge < -0.3 is 10.0 Å². The molecule has 1 N–H and O–H groups in total. The molecule has 1 aromatic carbocycles. The first-order chi connectivity index (χ1) is 8.13. The zero-order valence-corrected chi connectivity index (χ0v) is 10.9. The Bertz CT molecular complexity index is 422. The molecule has 0 unspecified atom stereocenters. The number of carbonyl (C=O) groups excluding carboxylic acids is 1. The Morgan fingerprint density at radius 2 is 2.24 bits per heavy atom. The van der Waals surface area contributed by atoms with Gasteiger partial charge in [0.05, 0.1) is 11.9 Å². The average molecular weight is 251 g/mol. The van der Waals surface area contributed by atoms with E-state index >= 15 is 0 Å². The second kappa shape index (κ2) is 5.10. The van der Waals surface area contributed by atoms with Gasteiger partial charge in [-0.05, 0) is 19.4 Å². The van der Waals surface area contributed by atoms with E-state index in [1.807, 2.05) is 32.0 Å². The second-order valence-corrected chi connectivity index (χ2v) is 5.73. The monoisotopic (exact) mass is 251 g/mol. The maximum atomic E-state index is 12.0. The number of β-amino-alcohol motifs (C(OH)–C–C–N with tert-alkyl or cyclic N) is 1. The smallest absolute Gasteiger partial charge is 0.236 e. The lowest BCUT2D eigenvalue weighted by Gasteiger charge is -2.23. The molecular weight excluding hydrogens is 234 g/mol. The predicted octanol–water partition coefficient (Wildman–Crippen LogP) is 1.95. The summed E-state index contributed by atoms with van der Waals surface area (Å²) in [5, 5.41) is 9.07. The molecule has 17 heavy (non-hydrogen) atoms. The fourth-order valence-corrected chi connectivity index (χ4v) is 3.39. The molecule has 1 heterocycles.